The third-order valence-electron chi connectivity index (χ3n) is 8.84. The van der Waals surface area contributed by atoms with E-state index >= 15 is 0 Å². The van der Waals surface area contributed by atoms with E-state index in [4.69, 9.17) is 19.2 Å². The van der Waals surface area contributed by atoms with Gasteiger partial charge in [0.15, 0.2) is 5.76 Å². The lowest BCUT2D eigenvalue weighted by Crippen LogP contribution is -2.55. The van der Waals surface area contributed by atoms with Crippen molar-refractivity contribution in [3.8, 4) is 5.75 Å². The van der Waals surface area contributed by atoms with Crippen LogP contribution in [0.2, 0.25) is 0 Å². The van der Waals surface area contributed by atoms with Crippen molar-refractivity contribution in [2.75, 3.05) is 25.5 Å². The third kappa shape index (κ3) is 3.91. The summed E-state index contributed by atoms with van der Waals surface area (Å²) in [6.45, 7) is 2.54. The second kappa shape index (κ2) is 10.3. The van der Waals surface area contributed by atoms with Gasteiger partial charge >= 0.3 is 0 Å². The van der Waals surface area contributed by atoms with Gasteiger partial charge in [-0.3, -0.25) is 0 Å². The average Bonchev–Trinajstić information content (AvgIpc) is 3.83. The summed E-state index contributed by atoms with van der Waals surface area (Å²) in [7, 11) is 0. The first-order chi connectivity index (χ1) is 19.8. The number of hydrogen-bond acceptors (Lipinski definition) is 7. The maximum atomic E-state index is 7.06. The number of aromatic nitrogens is 2. The Morgan fingerprint density at radius 2 is 1.93 bits per heavy atom. The van der Waals surface area contributed by atoms with Crippen LogP contribution in [-0.2, 0) is 14.9 Å². The van der Waals surface area contributed by atoms with Gasteiger partial charge in [-0.15, -0.1) is 23.1 Å². The fourth-order valence-electron chi connectivity index (χ4n) is 7.22. The van der Waals surface area contributed by atoms with Gasteiger partial charge in [-0.05, 0) is 55.9 Å². The van der Waals surface area contributed by atoms with Crippen LogP contribution < -0.4 is 10.1 Å². The lowest BCUT2D eigenvalue weighted by molar-refractivity contribution is 0.0114. The van der Waals surface area contributed by atoms with Crippen LogP contribution in [0.1, 0.15) is 60.0 Å². The molecule has 4 atom stereocenters. The van der Waals surface area contributed by atoms with Gasteiger partial charge in [-0.25, -0.2) is 4.98 Å². The molecule has 4 aliphatic rings. The zero-order chi connectivity index (χ0) is 26.5. The molecule has 0 amide bonds. The molecule has 6 nitrogen and oxygen atoms in total. The molecule has 0 aliphatic carbocycles. The fraction of sp³-hybridized carbons (Fsp3) is 0.406. The van der Waals surface area contributed by atoms with E-state index in [2.05, 4.69) is 64.2 Å². The Hall–Kier alpha value is -2.62. The Labute approximate surface area is 242 Å². The lowest BCUT2D eigenvalue weighted by atomic mass is 9.64. The number of para-hydroxylation sites is 1. The molecule has 3 saturated heterocycles. The summed E-state index contributed by atoms with van der Waals surface area (Å²) in [5.41, 5.74) is 5.16. The predicted molar refractivity (Wildman–Crippen MR) is 162 cm³/mol. The van der Waals surface area contributed by atoms with E-state index in [1.807, 2.05) is 18.0 Å². The minimum Gasteiger partial charge on any atom is -0.454 e. The van der Waals surface area contributed by atoms with Crippen molar-refractivity contribution in [3.05, 3.63) is 81.9 Å². The monoisotopic (exact) mass is 571 g/mol. The number of nitrogens with one attached hydrogen (secondary N) is 2. The summed E-state index contributed by atoms with van der Waals surface area (Å²) in [6, 6.07) is 17.2. The van der Waals surface area contributed by atoms with Crippen molar-refractivity contribution in [1.29, 1.82) is 0 Å². The SMILES string of the molecule is c1cc2c(c(C3CCCCO3)c1)C(C1CCCO1)(C1NCCS1)C(c1nccs1)=C(c1cc3ccccc3[nH]1)O2. The molecule has 2 aromatic carbocycles. The molecule has 4 unspecified atom stereocenters. The van der Waals surface area contributed by atoms with E-state index in [9.17, 15) is 0 Å². The second-order valence-electron chi connectivity index (χ2n) is 11.1. The molecular weight excluding hydrogens is 539 g/mol. The first-order valence-electron chi connectivity index (χ1n) is 14.5. The van der Waals surface area contributed by atoms with Crippen LogP contribution in [-0.4, -0.2) is 47.0 Å². The van der Waals surface area contributed by atoms with Gasteiger partial charge < -0.3 is 24.5 Å². The second-order valence-corrected chi connectivity index (χ2v) is 13.2. The van der Waals surface area contributed by atoms with Crippen LogP contribution in [0.15, 0.2) is 60.1 Å². The predicted octanol–water partition coefficient (Wildman–Crippen LogP) is 6.91. The van der Waals surface area contributed by atoms with Gasteiger partial charge in [0, 0.05) is 59.1 Å². The molecule has 0 bridgehead atoms. The van der Waals surface area contributed by atoms with Crippen LogP contribution in [0, 0.1) is 0 Å². The molecule has 0 spiro atoms. The van der Waals surface area contributed by atoms with Crippen molar-refractivity contribution < 1.29 is 14.2 Å². The van der Waals surface area contributed by atoms with Crippen LogP contribution in [0.25, 0.3) is 22.2 Å². The highest BCUT2D eigenvalue weighted by atomic mass is 32.2. The number of hydrogen-bond donors (Lipinski definition) is 2. The number of fused-ring (bicyclic) bond motifs is 2. The lowest BCUT2D eigenvalue weighted by Gasteiger charge is -2.49. The molecule has 2 aromatic heterocycles. The Bertz CT molecular complexity index is 1500. The molecule has 206 valence electrons. The third-order valence-corrected chi connectivity index (χ3v) is 10.9. The van der Waals surface area contributed by atoms with Crippen LogP contribution in [0.3, 0.4) is 0 Å². The smallest absolute Gasteiger partial charge is 0.158 e. The highest BCUT2D eigenvalue weighted by molar-refractivity contribution is 8.00. The largest absolute Gasteiger partial charge is 0.454 e. The van der Waals surface area contributed by atoms with E-state index in [0.29, 0.717) is 0 Å². The highest BCUT2D eigenvalue weighted by Crippen LogP contribution is 2.60. The summed E-state index contributed by atoms with van der Waals surface area (Å²) in [6.07, 6.45) is 7.31. The summed E-state index contributed by atoms with van der Waals surface area (Å²) in [4.78, 5) is 8.65. The first-order valence-corrected chi connectivity index (χ1v) is 16.4. The average molecular weight is 572 g/mol. The first kappa shape index (κ1) is 25.1. The van der Waals surface area contributed by atoms with Crippen LogP contribution in [0.4, 0.5) is 0 Å². The molecule has 40 heavy (non-hydrogen) atoms. The Balaban J connectivity index is 1.47. The van der Waals surface area contributed by atoms with Crippen molar-refractivity contribution in [1.82, 2.24) is 15.3 Å². The molecule has 8 rings (SSSR count). The number of rotatable bonds is 5. The summed E-state index contributed by atoms with van der Waals surface area (Å²) >= 11 is 3.69. The Kier molecular flexibility index (Phi) is 6.49. The zero-order valence-corrected chi connectivity index (χ0v) is 24.0. The van der Waals surface area contributed by atoms with Gasteiger partial charge in [0.05, 0.1) is 28.7 Å². The number of nitrogens with zero attached hydrogens (tertiary/aromatic N) is 1. The minimum absolute atomic E-state index is 0.0127. The number of thioether (sulfide) groups is 1. The highest BCUT2D eigenvalue weighted by Gasteiger charge is 2.59. The number of aromatic amines is 1. The van der Waals surface area contributed by atoms with E-state index in [0.717, 1.165) is 84.5 Å². The van der Waals surface area contributed by atoms with Gasteiger partial charge in [0.25, 0.3) is 0 Å². The molecule has 4 aromatic rings. The number of H-pyrrole nitrogens is 1. The van der Waals surface area contributed by atoms with Gasteiger partial charge in [0.2, 0.25) is 0 Å². The molecule has 3 fully saturated rings. The summed E-state index contributed by atoms with van der Waals surface area (Å²) < 4.78 is 20.3. The molecule has 0 radical (unpaired) electrons. The topological polar surface area (TPSA) is 68.4 Å². The normalized spacial score (nSPS) is 28.6. The van der Waals surface area contributed by atoms with E-state index in [1.54, 1.807) is 11.3 Å². The summed E-state index contributed by atoms with van der Waals surface area (Å²) in [5.74, 6) is 2.82. The molecule has 4 aliphatic heterocycles. The van der Waals surface area contributed by atoms with Crippen molar-refractivity contribution in [3.63, 3.8) is 0 Å². The maximum absolute atomic E-state index is 7.06. The quantitative estimate of drug-likeness (QED) is 0.271. The molecule has 6 heterocycles. The van der Waals surface area contributed by atoms with Crippen molar-refractivity contribution in [2.45, 2.75) is 55.1 Å². The summed E-state index contributed by atoms with van der Waals surface area (Å²) in [5, 5.41) is 8.27. The Morgan fingerprint density at radius 1 is 0.975 bits per heavy atom. The van der Waals surface area contributed by atoms with Gasteiger partial charge in [-0.2, -0.15) is 0 Å². The van der Waals surface area contributed by atoms with Gasteiger partial charge in [0.1, 0.15) is 10.8 Å². The minimum atomic E-state index is -0.507. The Morgan fingerprint density at radius 3 is 2.70 bits per heavy atom. The zero-order valence-electron chi connectivity index (χ0n) is 22.4. The number of benzene rings is 2. The van der Waals surface area contributed by atoms with E-state index in [1.165, 1.54) is 22.9 Å². The van der Waals surface area contributed by atoms with Gasteiger partial charge in [-0.1, -0.05) is 30.3 Å². The van der Waals surface area contributed by atoms with Crippen molar-refractivity contribution >= 4 is 45.3 Å². The van der Waals surface area contributed by atoms with Crippen LogP contribution in [0.5, 0.6) is 5.75 Å². The van der Waals surface area contributed by atoms with Crippen molar-refractivity contribution in [2.24, 2.45) is 0 Å². The van der Waals surface area contributed by atoms with E-state index < -0.39 is 5.41 Å². The number of ether oxygens (including phenoxy) is 3. The van der Waals surface area contributed by atoms with Crippen LogP contribution >= 0.6 is 23.1 Å². The molecule has 0 saturated carbocycles. The maximum Gasteiger partial charge on any atom is 0.158 e. The standard InChI is InChI=1S/C32H33N3O3S2/c1-2-9-22-20(7-1)19-23(35-22)29-28(30-33-13-17-39-30)32(26-12-6-16-37-26,31-34-14-18-40-31)27-21(8-5-11-25(27)38-29)24-10-3-4-15-36-24/h1-2,5,7-9,11,13,17,19,24,26,31,34-35H,3-4,6,10,12,14-16,18H2. The fourth-order valence-corrected chi connectivity index (χ4v) is 9.33. The molecule has 8 heteroatoms. The number of thiazole rings is 1. The molecular formula is C32H33N3O3S2. The van der Waals surface area contributed by atoms with E-state index in [-0.39, 0.29) is 17.6 Å². The molecule has 2 N–H and O–H groups in total.